The van der Waals surface area contributed by atoms with Gasteiger partial charge in [-0.2, -0.15) is 13.2 Å². The molecule has 1 unspecified atom stereocenters. The van der Waals surface area contributed by atoms with Gasteiger partial charge in [-0.1, -0.05) is 19.9 Å². The summed E-state index contributed by atoms with van der Waals surface area (Å²) in [5.74, 6) is -2.03. The van der Waals surface area contributed by atoms with Crippen molar-refractivity contribution in [1.29, 1.82) is 0 Å². The lowest BCUT2D eigenvalue weighted by Crippen LogP contribution is -2.44. The second-order valence-corrected chi connectivity index (χ2v) is 7.19. The maximum Gasteiger partial charge on any atom is 0.416 e. The molecule has 31 heavy (non-hydrogen) atoms. The predicted octanol–water partition coefficient (Wildman–Crippen LogP) is 2.12. The Bertz CT molecular complexity index is 993. The van der Waals surface area contributed by atoms with E-state index in [4.69, 9.17) is 5.73 Å². The van der Waals surface area contributed by atoms with Crippen LogP contribution in [0.3, 0.4) is 0 Å². The minimum absolute atomic E-state index is 0.0160. The fraction of sp³-hybridized carbons (Fsp3) is 0.381. The number of benzene rings is 1. The molecule has 1 aromatic heterocycles. The van der Waals surface area contributed by atoms with Crippen LogP contribution in [0.5, 0.6) is 0 Å². The van der Waals surface area contributed by atoms with Gasteiger partial charge in [0.1, 0.15) is 0 Å². The number of rotatable bonds is 7. The second-order valence-electron chi connectivity index (χ2n) is 7.19. The zero-order valence-corrected chi connectivity index (χ0v) is 17.1. The van der Waals surface area contributed by atoms with Crippen molar-refractivity contribution in [3.63, 3.8) is 0 Å². The molecule has 0 saturated heterocycles. The van der Waals surface area contributed by atoms with E-state index in [1.165, 1.54) is 24.4 Å². The van der Waals surface area contributed by atoms with E-state index < -0.39 is 40.3 Å². The summed E-state index contributed by atoms with van der Waals surface area (Å²) in [5, 5.41) is 11.4. The predicted molar refractivity (Wildman–Crippen MR) is 107 cm³/mol. The smallest absolute Gasteiger partial charge is 0.370 e. The molecule has 0 radical (unpaired) electrons. The fourth-order valence-electron chi connectivity index (χ4n) is 3.82. The molecule has 0 bridgehead atoms. The first kappa shape index (κ1) is 22.7. The third-order valence-electron chi connectivity index (χ3n) is 5.48. The van der Waals surface area contributed by atoms with Crippen molar-refractivity contribution < 1.29 is 27.9 Å². The molecule has 0 saturated carbocycles. The highest BCUT2D eigenvalue weighted by atomic mass is 19.4. The number of primary amides is 1. The molecular formula is C21H23F3N4O3. The van der Waals surface area contributed by atoms with Crippen molar-refractivity contribution in [2.24, 2.45) is 5.73 Å². The number of aliphatic hydroxyl groups is 1. The maximum atomic E-state index is 14.0. The Balaban J connectivity index is 2.28. The summed E-state index contributed by atoms with van der Waals surface area (Å²) in [6.07, 6.45) is -3.67. The Morgan fingerprint density at radius 3 is 2.45 bits per heavy atom. The molecule has 2 heterocycles. The Morgan fingerprint density at radius 1 is 1.26 bits per heavy atom. The van der Waals surface area contributed by atoms with Gasteiger partial charge >= 0.3 is 6.18 Å². The third kappa shape index (κ3) is 3.88. The van der Waals surface area contributed by atoms with Gasteiger partial charge < -0.3 is 20.6 Å². The minimum atomic E-state index is -4.95. The molecule has 0 aliphatic carbocycles. The van der Waals surface area contributed by atoms with Crippen LogP contribution >= 0.6 is 0 Å². The molecule has 3 rings (SSSR count). The summed E-state index contributed by atoms with van der Waals surface area (Å²) < 4.78 is 42.0. The van der Waals surface area contributed by atoms with Crippen molar-refractivity contribution >= 4 is 17.5 Å². The first-order valence-corrected chi connectivity index (χ1v) is 9.79. The molecule has 1 atom stereocenters. The van der Waals surface area contributed by atoms with Crippen LogP contribution < -0.4 is 10.6 Å². The van der Waals surface area contributed by atoms with Crippen molar-refractivity contribution in [3.8, 4) is 0 Å². The molecule has 0 fully saturated rings. The highest BCUT2D eigenvalue weighted by molar-refractivity contribution is 6.10. The number of hydrogen-bond acceptors (Lipinski definition) is 5. The highest BCUT2D eigenvalue weighted by Crippen LogP contribution is 2.50. The van der Waals surface area contributed by atoms with E-state index in [1.54, 1.807) is 0 Å². The largest absolute Gasteiger partial charge is 0.416 e. The van der Waals surface area contributed by atoms with Gasteiger partial charge in [0.05, 0.1) is 16.9 Å². The maximum absolute atomic E-state index is 14.0. The summed E-state index contributed by atoms with van der Waals surface area (Å²) in [5.41, 5.74) is -0.184. The molecule has 3 N–H and O–H groups in total. The summed E-state index contributed by atoms with van der Waals surface area (Å²) >= 11 is 0. The Hall–Kier alpha value is -2.98. The molecule has 1 aliphatic rings. The number of nitrogens with zero attached hydrogens (tertiary/aromatic N) is 3. The zero-order valence-electron chi connectivity index (χ0n) is 17.1. The van der Waals surface area contributed by atoms with E-state index in [2.05, 4.69) is 4.98 Å². The molecule has 2 aromatic rings. The topological polar surface area (TPSA) is 99.8 Å². The van der Waals surface area contributed by atoms with Gasteiger partial charge in [-0.05, 0) is 37.4 Å². The van der Waals surface area contributed by atoms with E-state index in [1.807, 2.05) is 18.7 Å². The van der Waals surface area contributed by atoms with Crippen LogP contribution in [0.1, 0.15) is 41.0 Å². The highest BCUT2D eigenvalue weighted by Gasteiger charge is 2.56. The number of hydrogen-bond donors (Lipinski definition) is 2. The molecule has 0 spiro atoms. The standard InChI is InChI=1S/C21H23F3N4O3/c1-3-27(4-2)9-10-28-15-12-13(18(25)29)11-14(21(22,23)24)17(15)20(31,19(28)30)16-7-5-6-8-26-16/h5-8,11-12,31H,3-4,9-10H2,1-2H3,(H2,25,29). The van der Waals surface area contributed by atoms with Crippen LogP contribution in [0.15, 0.2) is 36.5 Å². The SMILES string of the molecule is CCN(CC)CCN1C(=O)C(O)(c2ccccn2)c2c1cc(C(N)=O)cc2C(F)(F)F. The third-order valence-corrected chi connectivity index (χ3v) is 5.48. The number of halogens is 3. The van der Waals surface area contributed by atoms with Crippen LogP contribution in [0, 0.1) is 0 Å². The lowest BCUT2D eigenvalue weighted by molar-refractivity contribution is -0.142. The van der Waals surface area contributed by atoms with Crippen LogP contribution in [-0.2, 0) is 16.6 Å². The molecule has 10 heteroatoms. The van der Waals surface area contributed by atoms with Gasteiger partial charge in [0.2, 0.25) is 11.5 Å². The van der Waals surface area contributed by atoms with Gasteiger partial charge in [-0.3, -0.25) is 14.6 Å². The summed E-state index contributed by atoms with van der Waals surface area (Å²) in [6, 6.07) is 5.96. The van der Waals surface area contributed by atoms with Gasteiger partial charge in [0.25, 0.3) is 5.91 Å². The van der Waals surface area contributed by atoms with E-state index in [0.29, 0.717) is 25.7 Å². The van der Waals surface area contributed by atoms with Crippen molar-refractivity contribution in [3.05, 3.63) is 58.9 Å². The van der Waals surface area contributed by atoms with Crippen molar-refractivity contribution in [1.82, 2.24) is 9.88 Å². The number of pyridine rings is 1. The average Bonchev–Trinajstić information content (AvgIpc) is 2.96. The van der Waals surface area contributed by atoms with E-state index >= 15 is 0 Å². The molecule has 1 aromatic carbocycles. The molecule has 2 amide bonds. The van der Waals surface area contributed by atoms with Crippen LogP contribution in [0.25, 0.3) is 0 Å². The number of carbonyl (C=O) groups excluding carboxylic acids is 2. The molecule has 1 aliphatic heterocycles. The first-order chi connectivity index (χ1) is 14.6. The normalized spacial score (nSPS) is 18.5. The number of carbonyl (C=O) groups is 2. The quantitative estimate of drug-likeness (QED) is 0.693. The Labute approximate surface area is 177 Å². The number of aromatic nitrogens is 1. The van der Waals surface area contributed by atoms with Crippen LogP contribution in [-0.4, -0.2) is 53.0 Å². The molecule has 166 valence electrons. The first-order valence-electron chi connectivity index (χ1n) is 9.79. The summed E-state index contributed by atoms with van der Waals surface area (Å²) in [6.45, 7) is 5.55. The van der Waals surface area contributed by atoms with Crippen molar-refractivity contribution in [2.75, 3.05) is 31.1 Å². The monoisotopic (exact) mass is 436 g/mol. The van der Waals surface area contributed by atoms with Gasteiger partial charge in [0, 0.05) is 30.4 Å². The zero-order chi connectivity index (χ0) is 23.0. The number of likely N-dealkylation sites (N-methyl/N-ethyl adjacent to an activating group) is 1. The van der Waals surface area contributed by atoms with Gasteiger partial charge in [-0.25, -0.2) is 0 Å². The molecule has 7 nitrogen and oxygen atoms in total. The van der Waals surface area contributed by atoms with E-state index in [9.17, 15) is 27.9 Å². The molecular weight excluding hydrogens is 413 g/mol. The summed E-state index contributed by atoms with van der Waals surface area (Å²) in [7, 11) is 0. The average molecular weight is 436 g/mol. The van der Waals surface area contributed by atoms with Gasteiger partial charge in [-0.15, -0.1) is 0 Å². The Kier molecular flexibility index (Phi) is 6.06. The van der Waals surface area contributed by atoms with Gasteiger partial charge in [0.15, 0.2) is 0 Å². The lowest BCUT2D eigenvalue weighted by Gasteiger charge is -2.25. The lowest BCUT2D eigenvalue weighted by atomic mass is 9.86. The number of amides is 2. The summed E-state index contributed by atoms with van der Waals surface area (Å²) in [4.78, 5) is 32.1. The van der Waals surface area contributed by atoms with Crippen LogP contribution in [0.4, 0.5) is 18.9 Å². The van der Waals surface area contributed by atoms with E-state index in [-0.39, 0.29) is 17.9 Å². The van der Waals surface area contributed by atoms with Crippen molar-refractivity contribution in [2.45, 2.75) is 25.6 Å². The number of alkyl halides is 3. The fourth-order valence-corrected chi connectivity index (χ4v) is 3.82. The Morgan fingerprint density at radius 2 is 1.94 bits per heavy atom. The minimum Gasteiger partial charge on any atom is -0.370 e. The number of nitrogens with two attached hydrogens (primary N) is 1. The number of fused-ring (bicyclic) bond motifs is 1. The number of anilines is 1. The second kappa shape index (κ2) is 8.27. The van der Waals surface area contributed by atoms with Crippen LogP contribution in [0.2, 0.25) is 0 Å². The van der Waals surface area contributed by atoms with E-state index in [0.717, 1.165) is 11.0 Å².